The summed E-state index contributed by atoms with van der Waals surface area (Å²) in [7, 11) is 0. The molecule has 0 atom stereocenters. The Balaban J connectivity index is 1.35. The molecule has 3 aromatic carbocycles. The smallest absolute Gasteiger partial charge is 0.407 e. The molecule has 0 bridgehead atoms. The van der Waals surface area contributed by atoms with E-state index in [9.17, 15) is 4.79 Å². The average Bonchev–Trinajstić information content (AvgIpc) is 3.05. The molecule has 0 saturated heterocycles. The second-order valence-corrected chi connectivity index (χ2v) is 8.45. The van der Waals surface area contributed by atoms with Gasteiger partial charge in [-0.15, -0.1) is 0 Å². The Morgan fingerprint density at radius 1 is 0.897 bits per heavy atom. The second kappa shape index (κ2) is 8.97. The molecule has 0 aromatic heterocycles. The van der Waals surface area contributed by atoms with Gasteiger partial charge in [0.25, 0.3) is 0 Å². The fourth-order valence-corrected chi connectivity index (χ4v) is 4.90. The van der Waals surface area contributed by atoms with Crippen LogP contribution in [0.2, 0.25) is 0 Å². The Morgan fingerprint density at radius 2 is 1.48 bits per heavy atom. The van der Waals surface area contributed by atoms with Crippen LogP contribution in [-0.4, -0.2) is 19.2 Å². The molecule has 3 aromatic rings. The molecular weight excluding hydrogens is 494 g/mol. The van der Waals surface area contributed by atoms with Gasteiger partial charge in [0.15, 0.2) is 0 Å². The van der Waals surface area contributed by atoms with Gasteiger partial charge in [-0.3, -0.25) is 0 Å². The van der Waals surface area contributed by atoms with Crippen LogP contribution >= 0.6 is 31.9 Å². The molecule has 0 spiro atoms. The molecule has 0 radical (unpaired) electrons. The van der Waals surface area contributed by atoms with E-state index in [4.69, 9.17) is 4.74 Å². The third kappa shape index (κ3) is 4.31. The third-order valence-corrected chi connectivity index (χ3v) is 6.38. The Morgan fingerprint density at radius 3 is 2.10 bits per heavy atom. The zero-order chi connectivity index (χ0) is 20.2. The number of halogens is 2. The first kappa shape index (κ1) is 19.9. The first-order valence-electron chi connectivity index (χ1n) is 9.34. The molecule has 1 amide bonds. The summed E-state index contributed by atoms with van der Waals surface area (Å²) in [5, 5.41) is 2.79. The lowest BCUT2D eigenvalue weighted by molar-refractivity contribution is 0.144. The van der Waals surface area contributed by atoms with E-state index >= 15 is 0 Å². The number of hydrogen-bond donors (Lipinski definition) is 1. The molecule has 1 N–H and O–H groups in total. The Hall–Kier alpha value is -2.37. The number of amides is 1. The Bertz CT molecular complexity index is 1010. The summed E-state index contributed by atoms with van der Waals surface area (Å²) >= 11 is 7.05. The fraction of sp³-hybridized carbons (Fsp3) is 0.125. The van der Waals surface area contributed by atoms with E-state index in [1.165, 1.54) is 22.3 Å². The van der Waals surface area contributed by atoms with Crippen molar-refractivity contribution < 1.29 is 9.53 Å². The quantitative estimate of drug-likeness (QED) is 0.410. The number of benzene rings is 3. The summed E-state index contributed by atoms with van der Waals surface area (Å²) in [6.45, 7) is 0.712. The third-order valence-electron chi connectivity index (χ3n) is 4.99. The van der Waals surface area contributed by atoms with Crippen molar-refractivity contribution in [2.45, 2.75) is 5.92 Å². The van der Waals surface area contributed by atoms with Crippen LogP contribution in [0.3, 0.4) is 0 Å². The van der Waals surface area contributed by atoms with Crippen LogP contribution in [0.5, 0.6) is 0 Å². The van der Waals surface area contributed by atoms with Crippen molar-refractivity contribution in [2.24, 2.45) is 0 Å². The fourth-order valence-electron chi connectivity index (χ4n) is 3.64. The van der Waals surface area contributed by atoms with Gasteiger partial charge in [0, 0.05) is 27.0 Å². The lowest BCUT2D eigenvalue weighted by atomic mass is 9.98. The summed E-state index contributed by atoms with van der Waals surface area (Å²) in [6, 6.07) is 22.5. The minimum Gasteiger partial charge on any atom is -0.449 e. The van der Waals surface area contributed by atoms with Crippen LogP contribution in [0.4, 0.5) is 4.79 Å². The zero-order valence-corrected chi connectivity index (χ0v) is 18.7. The summed E-state index contributed by atoms with van der Waals surface area (Å²) in [6.07, 6.45) is 3.44. The van der Waals surface area contributed by atoms with E-state index in [0.717, 1.165) is 14.5 Å². The molecule has 29 heavy (non-hydrogen) atoms. The number of fused-ring (bicyclic) bond motifs is 3. The van der Waals surface area contributed by atoms with Gasteiger partial charge in [-0.1, -0.05) is 98.6 Å². The molecule has 0 heterocycles. The normalized spacial score (nSPS) is 12.6. The molecule has 1 aliphatic rings. The number of carbonyl (C=O) groups is 1. The van der Waals surface area contributed by atoms with E-state index in [2.05, 4.69) is 61.4 Å². The van der Waals surface area contributed by atoms with E-state index in [-0.39, 0.29) is 5.92 Å². The number of rotatable bonds is 5. The monoisotopic (exact) mass is 511 g/mol. The number of carbonyl (C=O) groups excluding carboxylic acids is 1. The van der Waals surface area contributed by atoms with Crippen LogP contribution < -0.4 is 5.32 Å². The van der Waals surface area contributed by atoms with Crippen molar-refractivity contribution in [2.75, 3.05) is 13.2 Å². The van der Waals surface area contributed by atoms with Crippen molar-refractivity contribution in [3.8, 4) is 11.1 Å². The molecule has 0 aliphatic heterocycles. The van der Waals surface area contributed by atoms with Crippen molar-refractivity contribution in [3.05, 3.63) is 98.4 Å². The van der Waals surface area contributed by atoms with Crippen molar-refractivity contribution in [1.29, 1.82) is 0 Å². The topological polar surface area (TPSA) is 38.3 Å². The summed E-state index contributed by atoms with van der Waals surface area (Å²) in [5.74, 6) is 0.0694. The van der Waals surface area contributed by atoms with Crippen molar-refractivity contribution in [1.82, 2.24) is 5.32 Å². The number of alkyl carbamates (subject to hydrolysis) is 1. The molecule has 1 aliphatic carbocycles. The summed E-state index contributed by atoms with van der Waals surface area (Å²) < 4.78 is 7.52. The molecule has 3 nitrogen and oxygen atoms in total. The maximum Gasteiger partial charge on any atom is 0.407 e. The molecule has 0 saturated carbocycles. The molecule has 4 rings (SSSR count). The number of hydrogen-bond acceptors (Lipinski definition) is 2. The highest BCUT2D eigenvalue weighted by Gasteiger charge is 2.28. The molecule has 0 fully saturated rings. The molecular formula is C24H19Br2NO2. The van der Waals surface area contributed by atoms with Crippen molar-refractivity contribution >= 4 is 44.0 Å². The predicted octanol–water partition coefficient (Wildman–Crippen LogP) is 6.76. The highest BCUT2D eigenvalue weighted by Crippen LogP contribution is 2.44. The maximum atomic E-state index is 12.2. The highest BCUT2D eigenvalue weighted by atomic mass is 79.9. The largest absolute Gasteiger partial charge is 0.449 e. The minimum atomic E-state index is -0.414. The van der Waals surface area contributed by atoms with Gasteiger partial charge in [-0.2, -0.15) is 0 Å². The van der Waals surface area contributed by atoms with Gasteiger partial charge < -0.3 is 10.1 Å². The van der Waals surface area contributed by atoms with Crippen LogP contribution in [0.15, 0.2) is 81.8 Å². The maximum absolute atomic E-state index is 12.2. The van der Waals surface area contributed by atoms with Crippen LogP contribution in [0, 0.1) is 0 Å². The van der Waals surface area contributed by atoms with Gasteiger partial charge in [0.2, 0.25) is 0 Å². The van der Waals surface area contributed by atoms with Gasteiger partial charge in [0.05, 0.1) is 0 Å². The van der Waals surface area contributed by atoms with E-state index < -0.39 is 6.09 Å². The summed E-state index contributed by atoms with van der Waals surface area (Å²) in [5.41, 5.74) is 5.89. The molecule has 146 valence electrons. The standard InChI is InChI=1S/C24H19Br2NO2/c25-22-12-5-13-23(26)20(22)11-6-14-27-24(28)29-15-21-18-9-3-1-7-16(18)17-8-2-4-10-19(17)21/h1-13,21H,14-15H2,(H,27,28). The average molecular weight is 513 g/mol. The first-order valence-corrected chi connectivity index (χ1v) is 10.9. The highest BCUT2D eigenvalue weighted by molar-refractivity contribution is 9.11. The predicted molar refractivity (Wildman–Crippen MR) is 124 cm³/mol. The van der Waals surface area contributed by atoms with Crippen LogP contribution in [0.25, 0.3) is 17.2 Å². The van der Waals surface area contributed by atoms with Gasteiger partial charge in [-0.05, 0) is 34.4 Å². The van der Waals surface area contributed by atoms with Gasteiger partial charge in [0.1, 0.15) is 6.61 Å². The lowest BCUT2D eigenvalue weighted by Crippen LogP contribution is -2.26. The zero-order valence-electron chi connectivity index (χ0n) is 15.6. The lowest BCUT2D eigenvalue weighted by Gasteiger charge is -2.14. The minimum absolute atomic E-state index is 0.0694. The van der Waals surface area contributed by atoms with E-state index in [1.54, 1.807) is 0 Å². The number of ether oxygens (including phenoxy) is 1. The first-order chi connectivity index (χ1) is 14.1. The second-order valence-electron chi connectivity index (χ2n) is 6.74. The van der Waals surface area contributed by atoms with E-state index in [0.29, 0.717) is 13.2 Å². The SMILES string of the molecule is O=C(NCC=Cc1c(Br)cccc1Br)OCC1c2ccccc2-c2ccccc21. The van der Waals surface area contributed by atoms with Crippen LogP contribution in [-0.2, 0) is 4.74 Å². The Labute approximate surface area is 187 Å². The van der Waals surface area contributed by atoms with Gasteiger partial charge >= 0.3 is 6.09 Å². The molecule has 0 unspecified atom stereocenters. The van der Waals surface area contributed by atoms with E-state index in [1.807, 2.05) is 54.6 Å². The number of nitrogens with one attached hydrogen (secondary N) is 1. The molecule has 5 heteroatoms. The Kier molecular flexibility index (Phi) is 6.16. The van der Waals surface area contributed by atoms with Crippen molar-refractivity contribution in [3.63, 3.8) is 0 Å². The summed E-state index contributed by atoms with van der Waals surface area (Å²) in [4.78, 5) is 12.2. The van der Waals surface area contributed by atoms with Crippen LogP contribution in [0.1, 0.15) is 22.6 Å². The van der Waals surface area contributed by atoms with Gasteiger partial charge in [-0.25, -0.2) is 4.79 Å².